The summed E-state index contributed by atoms with van der Waals surface area (Å²) in [6.07, 6.45) is 1.44. The molecule has 0 fully saturated rings. The normalized spacial score (nSPS) is 10.7. The van der Waals surface area contributed by atoms with Gasteiger partial charge in [-0.25, -0.2) is 4.79 Å². The minimum absolute atomic E-state index is 0.0652. The molecule has 3 aromatic carbocycles. The van der Waals surface area contributed by atoms with E-state index in [4.69, 9.17) is 14.2 Å². The first kappa shape index (κ1) is 24.6. The summed E-state index contributed by atoms with van der Waals surface area (Å²) in [5, 5.41) is 12.2. The number of halogens is 1. The first-order valence-electron chi connectivity index (χ1n) is 10.2. The largest absolute Gasteiger partial charge is 0.493 e. The molecule has 1 N–H and O–H groups in total. The second-order valence-electron chi connectivity index (χ2n) is 6.94. The van der Waals surface area contributed by atoms with Crippen molar-refractivity contribution in [3.8, 4) is 23.3 Å². The predicted octanol–water partition coefficient (Wildman–Crippen LogP) is 4.67. The van der Waals surface area contributed by atoms with Crippen molar-refractivity contribution in [3.05, 3.63) is 94.0 Å². The minimum Gasteiger partial charge on any atom is -0.493 e. The second kappa shape index (κ2) is 12.2. The Hall–Kier alpha value is -4.09. The first-order chi connectivity index (χ1) is 16.5. The van der Waals surface area contributed by atoms with Crippen LogP contribution in [-0.2, 0) is 16.1 Å². The Morgan fingerprint density at radius 3 is 2.44 bits per heavy atom. The third-order valence-corrected chi connectivity index (χ3v) is 5.22. The maximum absolute atomic E-state index is 12.4. The Balaban J connectivity index is 1.65. The fourth-order valence-corrected chi connectivity index (χ4v) is 3.30. The van der Waals surface area contributed by atoms with E-state index >= 15 is 0 Å². The SMILES string of the molecule is COc1cc(/C=C(\C#N)C(=O)NCc2ccccc2)ccc1OC(=O)COc1ccccc1Br. The number of amides is 1. The third kappa shape index (κ3) is 6.95. The number of hydrogen-bond donors (Lipinski definition) is 1. The minimum atomic E-state index is -0.615. The summed E-state index contributed by atoms with van der Waals surface area (Å²) in [5.41, 5.74) is 1.39. The van der Waals surface area contributed by atoms with Gasteiger partial charge in [-0.3, -0.25) is 4.79 Å². The van der Waals surface area contributed by atoms with E-state index in [1.54, 1.807) is 30.3 Å². The standard InChI is InChI=1S/C26H21BrN2O5/c1-32-24-14-19(13-20(15-28)26(31)29-16-18-7-3-2-4-8-18)11-12-23(24)34-25(30)17-33-22-10-6-5-9-21(22)27/h2-14H,16-17H2,1H3,(H,29,31)/b20-13+. The van der Waals surface area contributed by atoms with Crippen LogP contribution in [-0.4, -0.2) is 25.6 Å². The van der Waals surface area contributed by atoms with Gasteiger partial charge < -0.3 is 19.5 Å². The quantitative estimate of drug-likeness (QED) is 0.190. The van der Waals surface area contributed by atoms with Gasteiger partial charge in [-0.2, -0.15) is 5.26 Å². The molecule has 1 amide bonds. The summed E-state index contributed by atoms with van der Waals surface area (Å²) in [7, 11) is 1.43. The zero-order valence-corrected chi connectivity index (χ0v) is 19.9. The maximum atomic E-state index is 12.4. The summed E-state index contributed by atoms with van der Waals surface area (Å²) in [6, 6.07) is 23.1. The molecule has 172 valence electrons. The highest BCUT2D eigenvalue weighted by molar-refractivity contribution is 9.10. The number of nitrogens with one attached hydrogen (secondary N) is 1. The molecule has 0 saturated heterocycles. The van der Waals surface area contributed by atoms with Crippen LogP contribution in [0.4, 0.5) is 0 Å². The summed E-state index contributed by atoms with van der Waals surface area (Å²) in [4.78, 5) is 24.6. The number of nitrogens with zero attached hydrogens (tertiary/aromatic N) is 1. The second-order valence-corrected chi connectivity index (χ2v) is 7.80. The van der Waals surface area contributed by atoms with Gasteiger partial charge in [0.05, 0.1) is 11.6 Å². The van der Waals surface area contributed by atoms with E-state index in [9.17, 15) is 14.9 Å². The topological polar surface area (TPSA) is 97.6 Å². The molecular weight excluding hydrogens is 500 g/mol. The number of esters is 1. The molecule has 3 rings (SSSR count). The van der Waals surface area contributed by atoms with Crippen LogP contribution in [0.5, 0.6) is 17.2 Å². The highest BCUT2D eigenvalue weighted by Gasteiger charge is 2.14. The van der Waals surface area contributed by atoms with E-state index in [0.717, 1.165) is 10.0 Å². The molecule has 3 aromatic rings. The average Bonchev–Trinajstić information content (AvgIpc) is 2.86. The van der Waals surface area contributed by atoms with Gasteiger partial charge in [-0.05, 0) is 57.4 Å². The zero-order valence-electron chi connectivity index (χ0n) is 18.3. The Bertz CT molecular complexity index is 1240. The van der Waals surface area contributed by atoms with Crippen molar-refractivity contribution in [1.82, 2.24) is 5.32 Å². The summed E-state index contributed by atoms with van der Waals surface area (Å²) in [6.45, 7) is 0.00607. The number of methoxy groups -OCH3 is 1. The Morgan fingerprint density at radius 1 is 1.00 bits per heavy atom. The lowest BCUT2D eigenvalue weighted by Gasteiger charge is -2.11. The van der Waals surface area contributed by atoms with Gasteiger partial charge in [0, 0.05) is 6.54 Å². The van der Waals surface area contributed by atoms with Crippen LogP contribution < -0.4 is 19.5 Å². The fraction of sp³-hybridized carbons (Fsp3) is 0.115. The molecule has 0 aliphatic rings. The molecule has 34 heavy (non-hydrogen) atoms. The molecule has 0 aliphatic carbocycles. The van der Waals surface area contributed by atoms with E-state index < -0.39 is 11.9 Å². The van der Waals surface area contributed by atoms with Crippen LogP contribution in [0.15, 0.2) is 82.8 Å². The monoisotopic (exact) mass is 520 g/mol. The fourth-order valence-electron chi connectivity index (χ4n) is 2.90. The number of nitriles is 1. The van der Waals surface area contributed by atoms with Crippen molar-refractivity contribution in [1.29, 1.82) is 5.26 Å². The van der Waals surface area contributed by atoms with Crippen molar-refractivity contribution in [2.24, 2.45) is 0 Å². The van der Waals surface area contributed by atoms with Gasteiger partial charge in [0.15, 0.2) is 18.1 Å². The van der Waals surface area contributed by atoms with Crippen molar-refractivity contribution >= 4 is 33.9 Å². The lowest BCUT2D eigenvalue weighted by Crippen LogP contribution is -2.23. The Labute approximate surface area is 205 Å². The molecule has 0 bridgehead atoms. The van der Waals surface area contributed by atoms with Gasteiger partial charge in [-0.1, -0.05) is 48.5 Å². The highest BCUT2D eigenvalue weighted by atomic mass is 79.9. The number of ether oxygens (including phenoxy) is 3. The summed E-state index contributed by atoms with van der Waals surface area (Å²) in [5.74, 6) is -0.140. The lowest BCUT2D eigenvalue weighted by molar-refractivity contribution is -0.136. The van der Waals surface area contributed by atoms with Crippen LogP contribution in [0.1, 0.15) is 11.1 Å². The molecule has 0 atom stereocenters. The molecule has 0 spiro atoms. The highest BCUT2D eigenvalue weighted by Crippen LogP contribution is 2.29. The van der Waals surface area contributed by atoms with Crippen LogP contribution in [0.2, 0.25) is 0 Å². The van der Waals surface area contributed by atoms with Gasteiger partial charge in [0.1, 0.15) is 17.4 Å². The van der Waals surface area contributed by atoms with Crippen molar-refractivity contribution < 1.29 is 23.8 Å². The number of hydrogen-bond acceptors (Lipinski definition) is 6. The van der Waals surface area contributed by atoms with Crippen LogP contribution in [0, 0.1) is 11.3 Å². The van der Waals surface area contributed by atoms with E-state index in [1.807, 2.05) is 42.5 Å². The van der Waals surface area contributed by atoms with Crippen LogP contribution in [0.25, 0.3) is 6.08 Å². The maximum Gasteiger partial charge on any atom is 0.349 e. The van der Waals surface area contributed by atoms with E-state index in [2.05, 4.69) is 21.2 Å². The van der Waals surface area contributed by atoms with Crippen molar-refractivity contribution in [3.63, 3.8) is 0 Å². The van der Waals surface area contributed by atoms with Gasteiger partial charge in [-0.15, -0.1) is 0 Å². The van der Waals surface area contributed by atoms with Crippen molar-refractivity contribution in [2.45, 2.75) is 6.54 Å². The molecule has 0 radical (unpaired) electrons. The van der Waals surface area contributed by atoms with Gasteiger partial charge in [0.25, 0.3) is 5.91 Å². The smallest absolute Gasteiger partial charge is 0.349 e. The first-order valence-corrected chi connectivity index (χ1v) is 11.0. The number of para-hydroxylation sites is 1. The molecule has 0 heterocycles. The van der Waals surface area contributed by atoms with Crippen LogP contribution in [0.3, 0.4) is 0 Å². The Morgan fingerprint density at radius 2 is 1.74 bits per heavy atom. The molecule has 0 aliphatic heterocycles. The van der Waals surface area contributed by atoms with E-state index in [0.29, 0.717) is 17.9 Å². The van der Waals surface area contributed by atoms with E-state index in [1.165, 1.54) is 19.3 Å². The number of benzene rings is 3. The van der Waals surface area contributed by atoms with Crippen molar-refractivity contribution in [2.75, 3.05) is 13.7 Å². The summed E-state index contributed by atoms with van der Waals surface area (Å²) < 4.78 is 16.8. The van der Waals surface area contributed by atoms with Crippen LogP contribution >= 0.6 is 15.9 Å². The summed E-state index contributed by atoms with van der Waals surface area (Å²) >= 11 is 3.35. The molecule has 0 saturated carbocycles. The van der Waals surface area contributed by atoms with Gasteiger partial charge in [0.2, 0.25) is 0 Å². The van der Waals surface area contributed by atoms with Gasteiger partial charge >= 0.3 is 5.97 Å². The molecule has 0 aromatic heterocycles. The molecule has 8 heteroatoms. The average molecular weight is 521 g/mol. The van der Waals surface area contributed by atoms with E-state index in [-0.39, 0.29) is 23.7 Å². The lowest BCUT2D eigenvalue weighted by atomic mass is 10.1. The number of carbonyl (C=O) groups excluding carboxylic acids is 2. The zero-order chi connectivity index (χ0) is 24.3. The molecular formula is C26H21BrN2O5. The Kier molecular flexibility index (Phi) is 8.83. The molecule has 0 unspecified atom stereocenters. The number of carbonyl (C=O) groups is 2. The third-order valence-electron chi connectivity index (χ3n) is 4.57. The number of rotatable bonds is 9. The predicted molar refractivity (Wildman–Crippen MR) is 130 cm³/mol. The molecule has 7 nitrogen and oxygen atoms in total.